The molecule has 0 radical (unpaired) electrons. The van der Waals surface area contributed by atoms with Crippen molar-refractivity contribution in [2.75, 3.05) is 10.6 Å². The lowest BCUT2D eigenvalue weighted by Gasteiger charge is -2.08. The highest BCUT2D eigenvalue weighted by Gasteiger charge is 2.15. The third-order valence-corrected chi connectivity index (χ3v) is 2.73. The fourth-order valence-corrected chi connectivity index (χ4v) is 1.86. The SMILES string of the molecule is Cn1ncc2c1Nc1ccc(F)cc1CN2. The van der Waals surface area contributed by atoms with E-state index in [0.29, 0.717) is 6.54 Å². The fourth-order valence-electron chi connectivity index (χ4n) is 1.86. The molecule has 82 valence electrons. The maximum absolute atomic E-state index is 13.1. The van der Waals surface area contributed by atoms with Crippen LogP contribution in [0.4, 0.5) is 21.6 Å². The maximum Gasteiger partial charge on any atom is 0.152 e. The van der Waals surface area contributed by atoms with Crippen LogP contribution in [0.5, 0.6) is 0 Å². The molecule has 0 atom stereocenters. The van der Waals surface area contributed by atoms with Gasteiger partial charge in [0.05, 0.1) is 11.9 Å². The zero-order chi connectivity index (χ0) is 11.1. The smallest absolute Gasteiger partial charge is 0.152 e. The first-order valence-corrected chi connectivity index (χ1v) is 5.05. The molecular weight excluding hydrogens is 207 g/mol. The predicted molar refractivity (Wildman–Crippen MR) is 60.2 cm³/mol. The summed E-state index contributed by atoms with van der Waals surface area (Å²) in [6, 6.07) is 4.73. The summed E-state index contributed by atoms with van der Waals surface area (Å²) in [7, 11) is 1.86. The number of halogens is 1. The molecule has 0 aliphatic carbocycles. The van der Waals surface area contributed by atoms with E-state index in [0.717, 1.165) is 22.8 Å². The minimum absolute atomic E-state index is 0.216. The van der Waals surface area contributed by atoms with Gasteiger partial charge in [-0.05, 0) is 23.8 Å². The normalized spacial score (nSPS) is 13.1. The average molecular weight is 218 g/mol. The van der Waals surface area contributed by atoms with E-state index < -0.39 is 0 Å². The van der Waals surface area contributed by atoms with Crippen molar-refractivity contribution in [3.05, 3.63) is 35.8 Å². The molecule has 0 bridgehead atoms. The Morgan fingerprint density at radius 1 is 1.38 bits per heavy atom. The molecule has 0 unspecified atom stereocenters. The van der Waals surface area contributed by atoms with Crippen LogP contribution in [0.3, 0.4) is 0 Å². The van der Waals surface area contributed by atoms with Crippen LogP contribution in [-0.4, -0.2) is 9.78 Å². The molecule has 3 rings (SSSR count). The minimum Gasteiger partial charge on any atom is -0.377 e. The summed E-state index contributed by atoms with van der Waals surface area (Å²) in [6.07, 6.45) is 1.75. The van der Waals surface area contributed by atoms with Crippen LogP contribution < -0.4 is 10.6 Å². The van der Waals surface area contributed by atoms with E-state index in [4.69, 9.17) is 0 Å². The molecule has 2 heterocycles. The van der Waals surface area contributed by atoms with Gasteiger partial charge in [-0.2, -0.15) is 5.10 Å². The second kappa shape index (κ2) is 3.23. The zero-order valence-electron chi connectivity index (χ0n) is 8.79. The second-order valence-corrected chi connectivity index (χ2v) is 3.81. The van der Waals surface area contributed by atoms with Crippen molar-refractivity contribution in [3.8, 4) is 0 Å². The summed E-state index contributed by atoms with van der Waals surface area (Å²) in [5, 5.41) is 10.6. The van der Waals surface area contributed by atoms with Crippen LogP contribution >= 0.6 is 0 Å². The standard InChI is InChI=1S/C11H11FN4/c1-16-11-10(6-14-16)13-5-7-4-8(12)2-3-9(7)15-11/h2-4,6,13,15H,5H2,1H3. The van der Waals surface area contributed by atoms with Crippen molar-refractivity contribution in [1.82, 2.24) is 9.78 Å². The molecule has 1 aliphatic rings. The van der Waals surface area contributed by atoms with E-state index >= 15 is 0 Å². The number of rotatable bonds is 0. The van der Waals surface area contributed by atoms with Crippen LogP contribution in [0.25, 0.3) is 0 Å². The Balaban J connectivity index is 2.10. The van der Waals surface area contributed by atoms with Crippen molar-refractivity contribution < 1.29 is 4.39 Å². The molecule has 5 heteroatoms. The Labute approximate surface area is 92.1 Å². The Morgan fingerprint density at radius 2 is 2.25 bits per heavy atom. The first-order valence-electron chi connectivity index (χ1n) is 5.05. The van der Waals surface area contributed by atoms with Crippen LogP contribution in [0.15, 0.2) is 24.4 Å². The average Bonchev–Trinajstić information content (AvgIpc) is 2.51. The lowest BCUT2D eigenvalue weighted by Crippen LogP contribution is -2.00. The second-order valence-electron chi connectivity index (χ2n) is 3.81. The van der Waals surface area contributed by atoms with Crippen molar-refractivity contribution in [2.45, 2.75) is 6.54 Å². The molecule has 1 aromatic heterocycles. The Hall–Kier alpha value is -2.04. The van der Waals surface area contributed by atoms with Gasteiger partial charge in [0.2, 0.25) is 0 Å². The molecule has 0 fully saturated rings. The highest BCUT2D eigenvalue weighted by molar-refractivity contribution is 5.74. The summed E-state index contributed by atoms with van der Waals surface area (Å²) < 4.78 is 14.8. The summed E-state index contributed by atoms with van der Waals surface area (Å²) >= 11 is 0. The molecule has 4 nitrogen and oxygen atoms in total. The summed E-state index contributed by atoms with van der Waals surface area (Å²) in [5.41, 5.74) is 2.76. The van der Waals surface area contributed by atoms with E-state index in [1.54, 1.807) is 16.9 Å². The van der Waals surface area contributed by atoms with E-state index in [9.17, 15) is 4.39 Å². The van der Waals surface area contributed by atoms with Crippen molar-refractivity contribution in [2.24, 2.45) is 7.05 Å². The largest absolute Gasteiger partial charge is 0.377 e. The van der Waals surface area contributed by atoms with Crippen molar-refractivity contribution >= 4 is 17.2 Å². The lowest BCUT2D eigenvalue weighted by molar-refractivity contribution is 0.626. The van der Waals surface area contributed by atoms with Crippen LogP contribution in [0.1, 0.15) is 5.56 Å². The van der Waals surface area contributed by atoms with Crippen molar-refractivity contribution in [3.63, 3.8) is 0 Å². The van der Waals surface area contributed by atoms with Crippen LogP contribution in [0.2, 0.25) is 0 Å². The molecule has 1 aromatic carbocycles. The third kappa shape index (κ3) is 1.32. The van der Waals surface area contributed by atoms with E-state index in [2.05, 4.69) is 15.7 Å². The number of nitrogens with zero attached hydrogens (tertiary/aromatic N) is 2. The predicted octanol–water partition coefficient (Wildman–Crippen LogP) is 2.23. The van der Waals surface area contributed by atoms with E-state index in [1.807, 2.05) is 7.05 Å². The molecule has 1 aliphatic heterocycles. The quantitative estimate of drug-likeness (QED) is 0.712. The number of fused-ring (bicyclic) bond motifs is 2. The molecule has 0 spiro atoms. The van der Waals surface area contributed by atoms with Gasteiger partial charge in [-0.1, -0.05) is 0 Å². The number of hydrogen-bond donors (Lipinski definition) is 2. The number of aromatic nitrogens is 2. The van der Waals surface area contributed by atoms with Crippen LogP contribution in [-0.2, 0) is 13.6 Å². The first-order chi connectivity index (χ1) is 7.74. The third-order valence-electron chi connectivity index (χ3n) is 2.73. The topological polar surface area (TPSA) is 41.9 Å². The number of anilines is 3. The molecule has 2 N–H and O–H groups in total. The molecule has 16 heavy (non-hydrogen) atoms. The summed E-state index contributed by atoms with van der Waals surface area (Å²) in [6.45, 7) is 0.596. The van der Waals surface area contributed by atoms with Gasteiger partial charge >= 0.3 is 0 Å². The number of aryl methyl sites for hydroxylation is 1. The lowest BCUT2D eigenvalue weighted by atomic mass is 10.2. The fraction of sp³-hybridized carbons (Fsp3) is 0.182. The van der Waals surface area contributed by atoms with Gasteiger partial charge in [-0.15, -0.1) is 0 Å². The van der Waals surface area contributed by atoms with E-state index in [-0.39, 0.29) is 5.82 Å². The molecular formula is C11H11FN4. The van der Waals surface area contributed by atoms with Gasteiger partial charge in [-0.25, -0.2) is 4.39 Å². The van der Waals surface area contributed by atoms with Gasteiger partial charge in [0.15, 0.2) is 5.82 Å². The highest BCUT2D eigenvalue weighted by atomic mass is 19.1. The highest BCUT2D eigenvalue weighted by Crippen LogP contribution is 2.31. The minimum atomic E-state index is -0.216. The monoisotopic (exact) mass is 218 g/mol. The number of nitrogens with one attached hydrogen (secondary N) is 2. The number of benzene rings is 1. The zero-order valence-corrected chi connectivity index (χ0v) is 8.79. The molecule has 0 saturated carbocycles. The van der Waals surface area contributed by atoms with E-state index in [1.165, 1.54) is 12.1 Å². The summed E-state index contributed by atoms with van der Waals surface area (Å²) in [5.74, 6) is 0.678. The Kier molecular flexibility index (Phi) is 1.86. The molecule has 2 aromatic rings. The van der Waals surface area contributed by atoms with Crippen molar-refractivity contribution in [1.29, 1.82) is 0 Å². The Bertz CT molecular complexity index is 547. The first kappa shape index (κ1) is 9.21. The maximum atomic E-state index is 13.1. The molecule has 0 amide bonds. The molecule has 0 saturated heterocycles. The summed E-state index contributed by atoms with van der Waals surface area (Å²) in [4.78, 5) is 0. The van der Waals surface area contributed by atoms with Gasteiger partial charge in [-0.3, -0.25) is 4.68 Å². The van der Waals surface area contributed by atoms with Gasteiger partial charge in [0.1, 0.15) is 5.82 Å². The van der Waals surface area contributed by atoms with Crippen LogP contribution in [0, 0.1) is 5.82 Å². The van der Waals surface area contributed by atoms with Gasteiger partial charge in [0, 0.05) is 19.3 Å². The Morgan fingerprint density at radius 3 is 3.12 bits per heavy atom. The number of hydrogen-bond acceptors (Lipinski definition) is 3. The van der Waals surface area contributed by atoms with Gasteiger partial charge in [0.25, 0.3) is 0 Å². The van der Waals surface area contributed by atoms with Gasteiger partial charge < -0.3 is 10.6 Å².